The highest BCUT2D eigenvalue weighted by Crippen LogP contribution is 2.22. The fourth-order valence-electron chi connectivity index (χ4n) is 1.57. The van der Waals surface area contributed by atoms with E-state index in [0.717, 1.165) is 5.56 Å². The number of benzene rings is 1. The number of aliphatic hydroxyl groups excluding tert-OH is 1. The van der Waals surface area contributed by atoms with Crippen molar-refractivity contribution >= 4 is 17.5 Å². The number of nitrogens with one attached hydrogen (secondary N) is 1. The van der Waals surface area contributed by atoms with Gasteiger partial charge in [0.05, 0.1) is 12.1 Å². The Morgan fingerprint density at radius 3 is 2.85 bits per heavy atom. The van der Waals surface area contributed by atoms with E-state index in [2.05, 4.69) is 10.5 Å². The first-order chi connectivity index (χ1) is 9.41. The number of carbonyl (C=O) groups is 1. The van der Waals surface area contributed by atoms with Crippen LogP contribution in [0.4, 0.5) is 0 Å². The Labute approximate surface area is 121 Å². The lowest BCUT2D eigenvalue weighted by molar-refractivity contribution is 0.0832. The van der Waals surface area contributed by atoms with Gasteiger partial charge >= 0.3 is 0 Å². The summed E-state index contributed by atoms with van der Waals surface area (Å²) in [5.41, 5.74) is 0.571. The van der Waals surface area contributed by atoms with E-state index in [0.29, 0.717) is 10.7 Å². The number of hydrogen-bond donors (Lipinski definition) is 2. The molecule has 2 rings (SSSR count). The van der Waals surface area contributed by atoms with Crippen LogP contribution < -0.4 is 5.32 Å². The third-order valence-corrected chi connectivity index (χ3v) is 2.94. The maximum Gasteiger partial charge on any atom is 0.290 e. The maximum absolute atomic E-state index is 11.9. The van der Waals surface area contributed by atoms with E-state index in [4.69, 9.17) is 21.2 Å². The standard InChI is InChI=1S/C14H15ClN2O3/c1-14(2,8-18)16-13(19)12-7-11(17-20-12)9-4-3-5-10(15)6-9/h3-7,18H,8H2,1-2H3,(H,16,19). The van der Waals surface area contributed by atoms with Gasteiger partial charge in [-0.3, -0.25) is 4.79 Å². The predicted molar refractivity (Wildman–Crippen MR) is 75.6 cm³/mol. The number of hydrogen-bond acceptors (Lipinski definition) is 4. The lowest BCUT2D eigenvalue weighted by Gasteiger charge is -2.22. The Morgan fingerprint density at radius 2 is 2.20 bits per heavy atom. The smallest absolute Gasteiger partial charge is 0.290 e. The molecule has 0 aliphatic carbocycles. The summed E-state index contributed by atoms with van der Waals surface area (Å²) in [4.78, 5) is 11.9. The summed E-state index contributed by atoms with van der Waals surface area (Å²) in [7, 11) is 0. The van der Waals surface area contributed by atoms with Crippen LogP contribution in [0.1, 0.15) is 24.4 Å². The van der Waals surface area contributed by atoms with E-state index in [-0.39, 0.29) is 12.4 Å². The van der Waals surface area contributed by atoms with E-state index in [9.17, 15) is 4.79 Å². The summed E-state index contributed by atoms with van der Waals surface area (Å²) >= 11 is 5.90. The molecule has 0 aliphatic rings. The fourth-order valence-corrected chi connectivity index (χ4v) is 1.76. The third-order valence-electron chi connectivity index (χ3n) is 2.70. The maximum atomic E-state index is 11.9. The van der Waals surface area contributed by atoms with Gasteiger partial charge < -0.3 is 14.9 Å². The monoisotopic (exact) mass is 294 g/mol. The van der Waals surface area contributed by atoms with E-state index in [1.807, 2.05) is 6.07 Å². The molecule has 1 heterocycles. The molecule has 2 N–H and O–H groups in total. The minimum atomic E-state index is -0.722. The van der Waals surface area contributed by atoms with E-state index in [1.165, 1.54) is 6.07 Å². The molecule has 0 aliphatic heterocycles. The normalized spacial score (nSPS) is 11.4. The van der Waals surface area contributed by atoms with Gasteiger partial charge in [0.25, 0.3) is 5.91 Å². The fraction of sp³-hybridized carbons (Fsp3) is 0.286. The molecular weight excluding hydrogens is 280 g/mol. The molecule has 0 bridgehead atoms. The lowest BCUT2D eigenvalue weighted by atomic mass is 10.1. The molecule has 1 amide bonds. The SMILES string of the molecule is CC(C)(CO)NC(=O)c1cc(-c2cccc(Cl)c2)no1. The van der Waals surface area contributed by atoms with E-state index < -0.39 is 11.4 Å². The molecule has 6 heteroatoms. The Bertz CT molecular complexity index is 622. The molecule has 20 heavy (non-hydrogen) atoms. The zero-order valence-corrected chi connectivity index (χ0v) is 11.9. The summed E-state index contributed by atoms with van der Waals surface area (Å²) in [6.45, 7) is 3.24. The van der Waals surface area contributed by atoms with Gasteiger partial charge in [-0.25, -0.2) is 0 Å². The summed E-state index contributed by atoms with van der Waals surface area (Å²) in [6.07, 6.45) is 0. The molecule has 106 valence electrons. The van der Waals surface area contributed by atoms with Gasteiger partial charge in [-0.2, -0.15) is 0 Å². The molecule has 1 aromatic heterocycles. The quantitative estimate of drug-likeness (QED) is 0.908. The van der Waals surface area contributed by atoms with Crippen molar-refractivity contribution in [2.45, 2.75) is 19.4 Å². The van der Waals surface area contributed by atoms with Crippen molar-refractivity contribution in [3.05, 3.63) is 41.1 Å². The number of halogens is 1. The van der Waals surface area contributed by atoms with Gasteiger partial charge in [-0.05, 0) is 26.0 Å². The number of carbonyl (C=O) groups excluding carboxylic acids is 1. The van der Waals surface area contributed by atoms with Crippen molar-refractivity contribution in [2.75, 3.05) is 6.61 Å². The first kappa shape index (κ1) is 14.6. The van der Waals surface area contributed by atoms with Crippen LogP contribution in [0.5, 0.6) is 0 Å². The number of aromatic nitrogens is 1. The van der Waals surface area contributed by atoms with Gasteiger partial charge in [0.15, 0.2) is 0 Å². The number of rotatable bonds is 4. The molecule has 1 aromatic carbocycles. The topological polar surface area (TPSA) is 75.4 Å². The first-order valence-electron chi connectivity index (χ1n) is 6.07. The first-order valence-corrected chi connectivity index (χ1v) is 6.45. The molecule has 5 nitrogen and oxygen atoms in total. The molecule has 0 spiro atoms. The van der Waals surface area contributed by atoms with Gasteiger partial charge in [0, 0.05) is 16.7 Å². The van der Waals surface area contributed by atoms with E-state index >= 15 is 0 Å². The van der Waals surface area contributed by atoms with Gasteiger partial charge in [-0.15, -0.1) is 0 Å². The van der Waals surface area contributed by atoms with Crippen LogP contribution in [0.15, 0.2) is 34.9 Å². The molecule has 0 saturated heterocycles. The second-order valence-corrected chi connectivity index (χ2v) is 5.52. The Hall–Kier alpha value is -1.85. The second-order valence-electron chi connectivity index (χ2n) is 5.08. The van der Waals surface area contributed by atoms with Crippen molar-refractivity contribution < 1.29 is 14.4 Å². The van der Waals surface area contributed by atoms with Crippen molar-refractivity contribution in [3.63, 3.8) is 0 Å². The van der Waals surface area contributed by atoms with Crippen LogP contribution in [-0.4, -0.2) is 28.3 Å². The Kier molecular flexibility index (Phi) is 4.11. The van der Waals surface area contributed by atoms with Crippen LogP contribution in [-0.2, 0) is 0 Å². The van der Waals surface area contributed by atoms with Crippen LogP contribution in [0, 0.1) is 0 Å². The second kappa shape index (κ2) is 5.64. The van der Waals surface area contributed by atoms with Crippen LogP contribution in [0.25, 0.3) is 11.3 Å². The van der Waals surface area contributed by atoms with Crippen LogP contribution in [0.3, 0.4) is 0 Å². The molecule has 0 radical (unpaired) electrons. The minimum absolute atomic E-state index is 0.0847. The van der Waals surface area contributed by atoms with Crippen molar-refractivity contribution in [1.82, 2.24) is 10.5 Å². The highest BCUT2D eigenvalue weighted by atomic mass is 35.5. The molecule has 0 saturated carbocycles. The lowest BCUT2D eigenvalue weighted by Crippen LogP contribution is -2.46. The molecule has 0 unspecified atom stereocenters. The molecule has 0 fully saturated rings. The Morgan fingerprint density at radius 1 is 1.45 bits per heavy atom. The zero-order chi connectivity index (χ0) is 14.8. The molecule has 0 atom stereocenters. The minimum Gasteiger partial charge on any atom is -0.394 e. The average molecular weight is 295 g/mol. The summed E-state index contributed by atoms with van der Waals surface area (Å²) in [5.74, 6) is -0.341. The number of nitrogens with zero attached hydrogens (tertiary/aromatic N) is 1. The zero-order valence-electron chi connectivity index (χ0n) is 11.2. The summed E-state index contributed by atoms with van der Waals surface area (Å²) in [6, 6.07) is 8.64. The molecular formula is C14H15ClN2O3. The van der Waals surface area contributed by atoms with E-state index in [1.54, 1.807) is 32.0 Å². The van der Waals surface area contributed by atoms with Crippen LogP contribution >= 0.6 is 11.6 Å². The summed E-state index contributed by atoms with van der Waals surface area (Å²) in [5, 5.41) is 16.2. The number of amides is 1. The van der Waals surface area contributed by atoms with Gasteiger partial charge in [0.1, 0.15) is 5.69 Å². The van der Waals surface area contributed by atoms with Crippen LogP contribution in [0.2, 0.25) is 5.02 Å². The Balaban J connectivity index is 2.19. The van der Waals surface area contributed by atoms with Gasteiger partial charge in [-0.1, -0.05) is 28.9 Å². The van der Waals surface area contributed by atoms with Crippen molar-refractivity contribution in [1.29, 1.82) is 0 Å². The molecule has 2 aromatic rings. The number of aliphatic hydroxyl groups is 1. The van der Waals surface area contributed by atoms with Crippen molar-refractivity contribution in [3.8, 4) is 11.3 Å². The summed E-state index contributed by atoms with van der Waals surface area (Å²) < 4.78 is 5.02. The predicted octanol–water partition coefficient (Wildman–Crippen LogP) is 2.50. The average Bonchev–Trinajstić information content (AvgIpc) is 2.88. The van der Waals surface area contributed by atoms with Gasteiger partial charge in [0.2, 0.25) is 5.76 Å². The largest absolute Gasteiger partial charge is 0.394 e. The highest BCUT2D eigenvalue weighted by Gasteiger charge is 2.22. The van der Waals surface area contributed by atoms with Crippen molar-refractivity contribution in [2.24, 2.45) is 0 Å². The third kappa shape index (κ3) is 3.37. The highest BCUT2D eigenvalue weighted by molar-refractivity contribution is 6.30.